The van der Waals surface area contributed by atoms with Crippen molar-refractivity contribution in [3.05, 3.63) is 30.3 Å². The molecule has 1 aliphatic rings. The van der Waals surface area contributed by atoms with Gasteiger partial charge < -0.3 is 16.0 Å². The number of likely N-dealkylation sites (tertiary alicyclic amines) is 1. The van der Waals surface area contributed by atoms with Gasteiger partial charge >= 0.3 is 6.03 Å². The van der Waals surface area contributed by atoms with Crippen LogP contribution >= 0.6 is 0 Å². The number of piperidine rings is 1. The fourth-order valence-electron chi connectivity index (χ4n) is 2.12. The molecule has 3 N–H and O–H groups in total. The Kier molecular flexibility index (Phi) is 3.82. The van der Waals surface area contributed by atoms with Gasteiger partial charge in [0.25, 0.3) is 0 Å². The highest BCUT2D eigenvalue weighted by atomic mass is 16.2. The molecule has 2 rings (SSSR count). The molecule has 18 heavy (non-hydrogen) atoms. The molecule has 5 heteroatoms. The van der Waals surface area contributed by atoms with Crippen LogP contribution in [0.4, 0.5) is 10.5 Å². The molecule has 0 radical (unpaired) electrons. The first-order valence-corrected chi connectivity index (χ1v) is 6.07. The number of nitrogens with two attached hydrogens (primary N) is 1. The Morgan fingerprint density at radius 1 is 1.28 bits per heavy atom. The molecule has 0 bridgehead atoms. The summed E-state index contributed by atoms with van der Waals surface area (Å²) in [5.74, 6) is -0.549. The van der Waals surface area contributed by atoms with Crippen LogP contribution in [0, 0.1) is 5.92 Å². The number of amides is 3. The van der Waals surface area contributed by atoms with E-state index in [9.17, 15) is 9.59 Å². The molecule has 1 atom stereocenters. The van der Waals surface area contributed by atoms with Crippen LogP contribution in [0.2, 0.25) is 0 Å². The van der Waals surface area contributed by atoms with E-state index in [1.54, 1.807) is 4.90 Å². The van der Waals surface area contributed by atoms with Gasteiger partial charge in [-0.15, -0.1) is 0 Å². The number of rotatable bonds is 2. The lowest BCUT2D eigenvalue weighted by atomic mass is 9.98. The number of carbonyl (C=O) groups is 2. The van der Waals surface area contributed by atoms with E-state index in [-0.39, 0.29) is 17.9 Å². The summed E-state index contributed by atoms with van der Waals surface area (Å²) in [6.45, 7) is 1.08. The highest BCUT2D eigenvalue weighted by Gasteiger charge is 2.26. The van der Waals surface area contributed by atoms with Crippen LogP contribution in [0.3, 0.4) is 0 Å². The van der Waals surface area contributed by atoms with Crippen LogP contribution < -0.4 is 11.1 Å². The lowest BCUT2D eigenvalue weighted by Gasteiger charge is -2.31. The number of primary amides is 1. The molecular formula is C13H17N3O2. The number of hydrogen-bond donors (Lipinski definition) is 2. The maximum absolute atomic E-state index is 12.0. The monoisotopic (exact) mass is 247 g/mol. The molecule has 96 valence electrons. The maximum atomic E-state index is 12.0. The van der Waals surface area contributed by atoms with Gasteiger partial charge in [-0.1, -0.05) is 18.2 Å². The summed E-state index contributed by atoms with van der Waals surface area (Å²) in [6, 6.07) is 9.09. The Balaban J connectivity index is 1.95. The third-order valence-electron chi connectivity index (χ3n) is 3.14. The summed E-state index contributed by atoms with van der Waals surface area (Å²) in [7, 11) is 0. The van der Waals surface area contributed by atoms with Crippen LogP contribution in [0.5, 0.6) is 0 Å². The molecule has 1 heterocycles. The van der Waals surface area contributed by atoms with Gasteiger partial charge in [-0.2, -0.15) is 0 Å². The molecule has 1 aromatic carbocycles. The smallest absolute Gasteiger partial charge is 0.321 e. The third kappa shape index (κ3) is 3.00. The first-order valence-electron chi connectivity index (χ1n) is 6.07. The zero-order chi connectivity index (χ0) is 13.0. The van der Waals surface area contributed by atoms with E-state index in [0.29, 0.717) is 13.1 Å². The summed E-state index contributed by atoms with van der Waals surface area (Å²) in [5, 5.41) is 2.81. The van der Waals surface area contributed by atoms with E-state index in [1.165, 1.54) is 0 Å². The van der Waals surface area contributed by atoms with Crippen molar-refractivity contribution in [1.82, 2.24) is 4.90 Å². The largest absolute Gasteiger partial charge is 0.369 e. The van der Waals surface area contributed by atoms with Crippen molar-refractivity contribution in [1.29, 1.82) is 0 Å². The number of urea groups is 1. The van der Waals surface area contributed by atoms with Crippen LogP contribution in [0.15, 0.2) is 30.3 Å². The van der Waals surface area contributed by atoms with Gasteiger partial charge in [0.2, 0.25) is 5.91 Å². The fourth-order valence-corrected chi connectivity index (χ4v) is 2.12. The molecule has 3 amide bonds. The number of anilines is 1. The lowest BCUT2D eigenvalue weighted by Crippen LogP contribution is -2.45. The van der Waals surface area contributed by atoms with Crippen molar-refractivity contribution in [3.8, 4) is 0 Å². The van der Waals surface area contributed by atoms with Gasteiger partial charge in [-0.3, -0.25) is 4.79 Å². The van der Waals surface area contributed by atoms with E-state index in [1.807, 2.05) is 30.3 Å². The Hall–Kier alpha value is -2.04. The quantitative estimate of drug-likeness (QED) is 0.829. The second-order valence-electron chi connectivity index (χ2n) is 4.48. The standard InChI is InChI=1S/C13H17N3O2/c14-12(17)10-5-4-8-16(9-10)13(18)15-11-6-2-1-3-7-11/h1-3,6-7,10H,4-5,8-9H2,(H2,14,17)(H,15,18)/t10-/m0/s1. The van der Waals surface area contributed by atoms with E-state index in [0.717, 1.165) is 18.5 Å². The van der Waals surface area contributed by atoms with Crippen molar-refractivity contribution in [3.63, 3.8) is 0 Å². The first-order chi connectivity index (χ1) is 8.66. The molecule has 0 spiro atoms. The highest BCUT2D eigenvalue weighted by molar-refractivity contribution is 5.89. The van der Waals surface area contributed by atoms with Crippen molar-refractivity contribution >= 4 is 17.6 Å². The summed E-state index contributed by atoms with van der Waals surface area (Å²) in [4.78, 5) is 24.8. The van der Waals surface area contributed by atoms with E-state index < -0.39 is 0 Å². The molecule has 0 saturated carbocycles. The van der Waals surface area contributed by atoms with Gasteiger partial charge in [0.1, 0.15) is 0 Å². The average Bonchev–Trinajstić information content (AvgIpc) is 2.40. The van der Waals surface area contributed by atoms with Crippen molar-refractivity contribution in [2.45, 2.75) is 12.8 Å². The van der Waals surface area contributed by atoms with Crippen molar-refractivity contribution in [2.75, 3.05) is 18.4 Å². The van der Waals surface area contributed by atoms with Crippen molar-refractivity contribution in [2.24, 2.45) is 11.7 Å². The lowest BCUT2D eigenvalue weighted by molar-refractivity contribution is -0.123. The molecule has 0 aliphatic carbocycles. The van der Waals surface area contributed by atoms with Gasteiger partial charge in [0, 0.05) is 18.8 Å². The average molecular weight is 247 g/mol. The van der Waals surface area contributed by atoms with Gasteiger partial charge in [-0.25, -0.2) is 4.79 Å². The second-order valence-corrected chi connectivity index (χ2v) is 4.48. The Morgan fingerprint density at radius 3 is 2.67 bits per heavy atom. The predicted octanol–water partition coefficient (Wildman–Crippen LogP) is 1.42. The van der Waals surface area contributed by atoms with Gasteiger partial charge in [0.15, 0.2) is 0 Å². The first kappa shape index (κ1) is 12.4. The molecule has 5 nitrogen and oxygen atoms in total. The Bertz CT molecular complexity index is 433. The van der Waals surface area contributed by atoms with Crippen LogP contribution in [-0.4, -0.2) is 29.9 Å². The number of hydrogen-bond acceptors (Lipinski definition) is 2. The third-order valence-corrected chi connectivity index (χ3v) is 3.14. The zero-order valence-electron chi connectivity index (χ0n) is 10.1. The van der Waals surface area contributed by atoms with Gasteiger partial charge in [0.05, 0.1) is 5.92 Å². The van der Waals surface area contributed by atoms with Gasteiger partial charge in [-0.05, 0) is 25.0 Å². The molecule has 1 aliphatic heterocycles. The van der Waals surface area contributed by atoms with E-state index in [2.05, 4.69) is 5.32 Å². The normalized spacial score (nSPS) is 19.3. The molecule has 1 fully saturated rings. The highest BCUT2D eigenvalue weighted by Crippen LogP contribution is 2.17. The number of para-hydroxylation sites is 1. The number of carbonyl (C=O) groups excluding carboxylic acids is 2. The molecule has 0 aromatic heterocycles. The minimum atomic E-state index is -0.327. The maximum Gasteiger partial charge on any atom is 0.321 e. The summed E-state index contributed by atoms with van der Waals surface area (Å²) in [5.41, 5.74) is 6.04. The van der Waals surface area contributed by atoms with Crippen LogP contribution in [-0.2, 0) is 4.79 Å². The fraction of sp³-hybridized carbons (Fsp3) is 0.385. The predicted molar refractivity (Wildman–Crippen MR) is 69.0 cm³/mol. The summed E-state index contributed by atoms with van der Waals surface area (Å²) in [6.07, 6.45) is 1.58. The van der Waals surface area contributed by atoms with E-state index in [4.69, 9.17) is 5.73 Å². The topological polar surface area (TPSA) is 75.4 Å². The molecule has 1 aromatic rings. The molecule has 1 saturated heterocycles. The summed E-state index contributed by atoms with van der Waals surface area (Å²) >= 11 is 0. The zero-order valence-corrected chi connectivity index (χ0v) is 10.1. The number of nitrogens with zero attached hydrogens (tertiary/aromatic N) is 1. The van der Waals surface area contributed by atoms with Crippen LogP contribution in [0.25, 0.3) is 0 Å². The second kappa shape index (κ2) is 5.53. The number of nitrogens with one attached hydrogen (secondary N) is 1. The van der Waals surface area contributed by atoms with Crippen LogP contribution in [0.1, 0.15) is 12.8 Å². The van der Waals surface area contributed by atoms with Crippen molar-refractivity contribution < 1.29 is 9.59 Å². The Labute approximate surface area is 106 Å². The minimum Gasteiger partial charge on any atom is -0.369 e. The molecule has 0 unspecified atom stereocenters. The Morgan fingerprint density at radius 2 is 2.00 bits per heavy atom. The molecular weight excluding hydrogens is 230 g/mol. The summed E-state index contributed by atoms with van der Waals surface area (Å²) < 4.78 is 0. The van der Waals surface area contributed by atoms with E-state index >= 15 is 0 Å². The number of benzene rings is 1. The SMILES string of the molecule is NC(=O)[C@H]1CCCN(C(=O)Nc2ccccc2)C1. The minimum absolute atomic E-state index is 0.174.